The monoisotopic (exact) mass is 399 g/mol. The molecule has 1 amide bonds. The van der Waals surface area contributed by atoms with Crippen LogP contribution in [0.5, 0.6) is 0 Å². The maximum absolute atomic E-state index is 13.3. The first-order valence-corrected chi connectivity index (χ1v) is 10.6. The van der Waals surface area contributed by atoms with Gasteiger partial charge in [-0.05, 0) is 30.5 Å². The van der Waals surface area contributed by atoms with Crippen LogP contribution in [0.1, 0.15) is 18.4 Å². The van der Waals surface area contributed by atoms with E-state index in [2.05, 4.69) is 5.32 Å². The van der Waals surface area contributed by atoms with Gasteiger partial charge >= 0.3 is 0 Å². The number of aliphatic hydroxyl groups is 1. The van der Waals surface area contributed by atoms with Crippen molar-refractivity contribution in [2.45, 2.75) is 24.8 Å². The molecule has 1 unspecified atom stereocenters. The predicted octanol–water partition coefficient (Wildman–Crippen LogP) is 2.62. The van der Waals surface area contributed by atoms with Crippen LogP contribution in [0.3, 0.4) is 0 Å². The Balaban J connectivity index is 1.76. The standard InChI is InChI=1S/C20H21N3O4S/c24-19(21-16-10-5-2-6-11-16)18-20(25)22-13-7-12-17(22)28(26,27)23(18)14-15-8-3-1-4-9-15/h1-6,8-11,17,25H,7,12-14H2,(H,21,24). The lowest BCUT2D eigenvalue weighted by Gasteiger charge is -2.39. The number of carbonyl (C=O) groups is 1. The van der Waals surface area contributed by atoms with Crippen molar-refractivity contribution in [1.82, 2.24) is 9.21 Å². The number of carbonyl (C=O) groups excluding carboxylic acids is 1. The molecule has 0 spiro atoms. The minimum Gasteiger partial charge on any atom is -0.493 e. The first kappa shape index (κ1) is 18.4. The fourth-order valence-electron chi connectivity index (χ4n) is 3.65. The third-order valence-corrected chi connectivity index (χ3v) is 7.10. The summed E-state index contributed by atoms with van der Waals surface area (Å²) in [4.78, 5) is 14.4. The van der Waals surface area contributed by atoms with Gasteiger partial charge in [0.1, 0.15) is 0 Å². The summed E-state index contributed by atoms with van der Waals surface area (Å²) in [6, 6.07) is 17.8. The summed E-state index contributed by atoms with van der Waals surface area (Å²) in [6.45, 7) is 0.381. The van der Waals surface area contributed by atoms with E-state index in [9.17, 15) is 18.3 Å². The van der Waals surface area contributed by atoms with E-state index in [0.29, 0.717) is 25.1 Å². The van der Waals surface area contributed by atoms with Crippen LogP contribution < -0.4 is 5.32 Å². The predicted molar refractivity (Wildman–Crippen MR) is 105 cm³/mol. The Hall–Kier alpha value is -3.00. The van der Waals surface area contributed by atoms with Crippen molar-refractivity contribution in [2.75, 3.05) is 11.9 Å². The molecule has 2 heterocycles. The number of amides is 1. The molecular formula is C20H21N3O4S. The number of nitrogens with one attached hydrogen (secondary N) is 1. The van der Waals surface area contributed by atoms with E-state index < -0.39 is 21.3 Å². The van der Waals surface area contributed by atoms with Gasteiger partial charge in [0.25, 0.3) is 15.9 Å². The minimum absolute atomic E-state index is 0.0187. The maximum atomic E-state index is 13.3. The van der Waals surface area contributed by atoms with E-state index in [1.165, 1.54) is 4.90 Å². The van der Waals surface area contributed by atoms with E-state index in [4.69, 9.17) is 0 Å². The molecule has 2 aromatic rings. The molecular weight excluding hydrogens is 378 g/mol. The molecule has 0 aliphatic carbocycles. The van der Waals surface area contributed by atoms with Crippen molar-refractivity contribution in [3.05, 3.63) is 77.8 Å². The zero-order valence-electron chi connectivity index (χ0n) is 15.2. The molecule has 1 fully saturated rings. The highest BCUT2D eigenvalue weighted by Crippen LogP contribution is 2.37. The van der Waals surface area contributed by atoms with Crippen molar-refractivity contribution in [1.29, 1.82) is 0 Å². The molecule has 0 radical (unpaired) electrons. The van der Waals surface area contributed by atoms with Crippen LogP contribution in [0.2, 0.25) is 0 Å². The molecule has 2 N–H and O–H groups in total. The highest BCUT2D eigenvalue weighted by atomic mass is 32.2. The fourth-order valence-corrected chi connectivity index (χ4v) is 5.69. The van der Waals surface area contributed by atoms with E-state index in [1.807, 2.05) is 12.1 Å². The molecule has 2 aliphatic heterocycles. The Morgan fingerprint density at radius 3 is 2.39 bits per heavy atom. The molecule has 0 saturated carbocycles. The van der Waals surface area contributed by atoms with Gasteiger partial charge in [-0.15, -0.1) is 0 Å². The summed E-state index contributed by atoms with van der Waals surface area (Å²) in [5.41, 5.74) is 1.01. The van der Waals surface area contributed by atoms with Crippen LogP contribution in [-0.2, 0) is 21.4 Å². The van der Waals surface area contributed by atoms with Crippen LogP contribution >= 0.6 is 0 Å². The summed E-state index contributed by atoms with van der Waals surface area (Å²) >= 11 is 0. The fraction of sp³-hybridized carbons (Fsp3) is 0.250. The number of aliphatic hydroxyl groups excluding tert-OH is 1. The number of hydrogen-bond donors (Lipinski definition) is 2. The molecule has 0 aromatic heterocycles. The van der Waals surface area contributed by atoms with E-state index in [0.717, 1.165) is 9.87 Å². The highest BCUT2D eigenvalue weighted by molar-refractivity contribution is 7.89. The van der Waals surface area contributed by atoms with E-state index in [-0.39, 0.29) is 18.1 Å². The topological polar surface area (TPSA) is 90.0 Å². The number of fused-ring (bicyclic) bond motifs is 1. The van der Waals surface area contributed by atoms with Crippen LogP contribution in [0.15, 0.2) is 72.2 Å². The summed E-state index contributed by atoms with van der Waals surface area (Å²) in [7, 11) is -3.84. The van der Waals surface area contributed by atoms with Crippen molar-refractivity contribution >= 4 is 21.6 Å². The average Bonchev–Trinajstić information content (AvgIpc) is 3.19. The largest absolute Gasteiger partial charge is 0.493 e. The van der Waals surface area contributed by atoms with Crippen LogP contribution in [-0.4, -0.2) is 40.6 Å². The lowest BCUT2D eigenvalue weighted by Crippen LogP contribution is -2.52. The lowest BCUT2D eigenvalue weighted by atomic mass is 10.2. The van der Waals surface area contributed by atoms with Gasteiger partial charge < -0.3 is 15.3 Å². The van der Waals surface area contributed by atoms with Crippen LogP contribution in [0.25, 0.3) is 0 Å². The number of hydrogen-bond acceptors (Lipinski definition) is 5. The highest BCUT2D eigenvalue weighted by Gasteiger charge is 2.49. The summed E-state index contributed by atoms with van der Waals surface area (Å²) in [6.07, 6.45) is 1.06. The van der Waals surface area contributed by atoms with Gasteiger partial charge in [0, 0.05) is 12.2 Å². The first-order valence-electron chi connectivity index (χ1n) is 9.10. The molecule has 7 nitrogen and oxygen atoms in total. The molecule has 0 bridgehead atoms. The van der Waals surface area contributed by atoms with Gasteiger partial charge in [0.15, 0.2) is 11.1 Å². The third-order valence-electron chi connectivity index (χ3n) is 5.00. The van der Waals surface area contributed by atoms with Gasteiger partial charge in [-0.1, -0.05) is 48.5 Å². The number of para-hydroxylation sites is 1. The second kappa shape index (κ2) is 7.20. The van der Waals surface area contributed by atoms with Gasteiger partial charge in [-0.3, -0.25) is 9.10 Å². The molecule has 1 atom stereocenters. The van der Waals surface area contributed by atoms with Crippen molar-refractivity contribution in [3.8, 4) is 0 Å². The SMILES string of the molecule is O=C(Nc1ccccc1)C1=C(O)N2CCCC2S(=O)(=O)N1Cc1ccccc1. The number of rotatable bonds is 4. The second-order valence-electron chi connectivity index (χ2n) is 6.82. The quantitative estimate of drug-likeness (QED) is 0.825. The summed E-state index contributed by atoms with van der Waals surface area (Å²) < 4.78 is 27.6. The molecule has 8 heteroatoms. The van der Waals surface area contributed by atoms with Crippen molar-refractivity contribution in [3.63, 3.8) is 0 Å². The minimum atomic E-state index is -3.84. The van der Waals surface area contributed by atoms with E-state index >= 15 is 0 Å². The number of benzene rings is 2. The molecule has 1 saturated heterocycles. The third kappa shape index (κ3) is 3.20. The Labute approximate surface area is 163 Å². The van der Waals surface area contributed by atoms with Gasteiger partial charge in [-0.25, -0.2) is 8.42 Å². The molecule has 146 valence electrons. The normalized spacial score (nSPS) is 20.8. The van der Waals surface area contributed by atoms with Crippen molar-refractivity contribution < 1.29 is 18.3 Å². The molecule has 28 heavy (non-hydrogen) atoms. The van der Waals surface area contributed by atoms with Crippen LogP contribution in [0.4, 0.5) is 5.69 Å². The van der Waals surface area contributed by atoms with E-state index in [1.54, 1.807) is 48.5 Å². The molecule has 2 aliphatic rings. The number of anilines is 1. The maximum Gasteiger partial charge on any atom is 0.278 e. The average molecular weight is 399 g/mol. The van der Waals surface area contributed by atoms with Gasteiger partial charge in [0.05, 0.1) is 6.54 Å². The van der Waals surface area contributed by atoms with Gasteiger partial charge in [-0.2, -0.15) is 0 Å². The summed E-state index contributed by atoms with van der Waals surface area (Å²) in [5, 5.41) is 12.6. The number of sulfonamides is 1. The Morgan fingerprint density at radius 1 is 1.07 bits per heavy atom. The summed E-state index contributed by atoms with van der Waals surface area (Å²) in [5.74, 6) is -0.949. The second-order valence-corrected chi connectivity index (χ2v) is 8.83. The number of nitrogens with zero attached hydrogens (tertiary/aromatic N) is 2. The Bertz CT molecular complexity index is 1010. The lowest BCUT2D eigenvalue weighted by molar-refractivity contribution is -0.114. The smallest absolute Gasteiger partial charge is 0.278 e. The Kier molecular flexibility index (Phi) is 4.72. The zero-order chi connectivity index (χ0) is 19.7. The molecule has 2 aromatic carbocycles. The van der Waals surface area contributed by atoms with Gasteiger partial charge in [0.2, 0.25) is 5.88 Å². The van der Waals surface area contributed by atoms with Crippen molar-refractivity contribution in [2.24, 2.45) is 0 Å². The molecule has 4 rings (SSSR count). The Morgan fingerprint density at radius 2 is 1.71 bits per heavy atom. The first-order chi connectivity index (χ1) is 13.5. The zero-order valence-corrected chi connectivity index (χ0v) is 16.0. The van der Waals surface area contributed by atoms with Crippen LogP contribution in [0, 0.1) is 0 Å².